The topological polar surface area (TPSA) is 74.5 Å². The van der Waals surface area contributed by atoms with Crippen molar-refractivity contribution >= 4 is 33.2 Å². The summed E-state index contributed by atoms with van der Waals surface area (Å²) in [5.74, 6) is 0.526. The first-order chi connectivity index (χ1) is 16.0. The Balaban J connectivity index is 1.25. The van der Waals surface area contributed by atoms with Crippen LogP contribution >= 0.6 is 15.9 Å². The minimum absolute atomic E-state index is 0.526. The van der Waals surface area contributed by atoms with E-state index in [1.54, 1.807) is 6.20 Å². The summed E-state index contributed by atoms with van der Waals surface area (Å²) in [5.41, 5.74) is 4.51. The minimum atomic E-state index is 0.526. The Morgan fingerprint density at radius 1 is 1.03 bits per heavy atom. The molecule has 0 radical (unpaired) electrons. The van der Waals surface area contributed by atoms with Crippen LogP contribution in [0.1, 0.15) is 18.5 Å². The molecule has 0 unspecified atom stereocenters. The minimum Gasteiger partial charge on any atom is -0.323 e. The lowest BCUT2D eigenvalue weighted by molar-refractivity contribution is 0.139. The largest absolute Gasteiger partial charge is 0.323 e. The average molecular weight is 507 g/mol. The molecule has 0 saturated carbocycles. The predicted molar refractivity (Wildman–Crippen MR) is 133 cm³/mol. The molecule has 1 saturated heterocycles. The molecule has 4 aromatic rings. The molecule has 0 bridgehead atoms. The summed E-state index contributed by atoms with van der Waals surface area (Å²) in [4.78, 5) is 23.0. The summed E-state index contributed by atoms with van der Waals surface area (Å²) in [5, 5.41) is 3.27. The van der Waals surface area contributed by atoms with Crippen molar-refractivity contribution in [2.24, 2.45) is 0 Å². The fourth-order valence-electron chi connectivity index (χ4n) is 4.25. The van der Waals surface area contributed by atoms with E-state index in [0.29, 0.717) is 12.0 Å². The molecular weight excluding hydrogens is 480 g/mol. The number of fused-ring (bicyclic) bond motifs is 1. The fraction of sp³-hybridized carbons (Fsp3) is 0.333. The molecule has 0 aromatic carbocycles. The van der Waals surface area contributed by atoms with E-state index in [2.05, 4.69) is 71.1 Å². The van der Waals surface area contributed by atoms with Gasteiger partial charge in [-0.15, -0.1) is 0 Å². The summed E-state index contributed by atoms with van der Waals surface area (Å²) in [6.45, 7) is 3.12. The number of nitrogens with one attached hydrogen (secondary N) is 1. The first-order valence-corrected chi connectivity index (χ1v) is 11.9. The van der Waals surface area contributed by atoms with Crippen LogP contribution in [0.15, 0.2) is 59.6 Å². The number of nitrogens with zero attached hydrogens (tertiary/aromatic N) is 7. The lowest BCUT2D eigenvalue weighted by Gasteiger charge is -2.34. The Bertz CT molecular complexity index is 1230. The molecule has 4 aromatic heterocycles. The monoisotopic (exact) mass is 506 g/mol. The van der Waals surface area contributed by atoms with Crippen LogP contribution in [-0.2, 0) is 6.54 Å². The van der Waals surface area contributed by atoms with E-state index >= 15 is 0 Å². The van der Waals surface area contributed by atoms with Crippen LogP contribution in [0.5, 0.6) is 0 Å². The van der Waals surface area contributed by atoms with Gasteiger partial charge in [-0.2, -0.15) is 0 Å². The van der Waals surface area contributed by atoms with E-state index in [1.165, 1.54) is 12.8 Å². The predicted octanol–water partition coefficient (Wildman–Crippen LogP) is 4.22. The number of hydrogen-bond acceptors (Lipinski definition) is 7. The molecule has 1 aliphatic heterocycles. The van der Waals surface area contributed by atoms with Crippen LogP contribution in [-0.4, -0.2) is 67.4 Å². The molecule has 8 nitrogen and oxygen atoms in total. The summed E-state index contributed by atoms with van der Waals surface area (Å²) < 4.78 is 2.99. The van der Waals surface area contributed by atoms with E-state index in [9.17, 15) is 0 Å². The van der Waals surface area contributed by atoms with Crippen LogP contribution in [0.25, 0.3) is 17.0 Å². The first-order valence-electron chi connectivity index (χ1n) is 11.1. The molecule has 170 valence electrons. The Hall–Kier alpha value is -2.88. The third-order valence-corrected chi connectivity index (χ3v) is 6.61. The van der Waals surface area contributed by atoms with Crippen LogP contribution < -0.4 is 5.32 Å². The number of imidazole rings is 1. The number of aromatic nitrogens is 5. The first kappa shape index (κ1) is 21.9. The van der Waals surface area contributed by atoms with Crippen molar-refractivity contribution in [3.8, 4) is 11.4 Å². The normalized spacial score (nSPS) is 15.4. The molecule has 0 amide bonds. The molecule has 1 aliphatic rings. The molecule has 33 heavy (non-hydrogen) atoms. The molecule has 9 heteroatoms. The number of pyridine rings is 2. The van der Waals surface area contributed by atoms with Gasteiger partial charge in [-0.1, -0.05) is 0 Å². The number of hydrogen-bond donors (Lipinski definition) is 1. The van der Waals surface area contributed by atoms with Crippen molar-refractivity contribution in [3.05, 3.63) is 65.3 Å². The quantitative estimate of drug-likeness (QED) is 0.419. The van der Waals surface area contributed by atoms with Gasteiger partial charge >= 0.3 is 0 Å². The van der Waals surface area contributed by atoms with Gasteiger partial charge in [-0.25, -0.2) is 15.0 Å². The smallest absolute Gasteiger partial charge is 0.227 e. The Morgan fingerprint density at radius 3 is 2.64 bits per heavy atom. The number of piperidine rings is 1. The molecular formula is C24H27BrN8. The second kappa shape index (κ2) is 9.54. The maximum absolute atomic E-state index is 4.69. The number of anilines is 2. The average Bonchev–Trinajstić information content (AvgIpc) is 3.24. The van der Waals surface area contributed by atoms with Gasteiger partial charge < -0.3 is 10.2 Å². The number of rotatable bonds is 6. The molecule has 0 spiro atoms. The molecule has 1 N–H and O–H groups in total. The summed E-state index contributed by atoms with van der Waals surface area (Å²) in [6, 6.07) is 10.6. The van der Waals surface area contributed by atoms with Crippen LogP contribution in [0.2, 0.25) is 0 Å². The zero-order chi connectivity index (χ0) is 22.8. The van der Waals surface area contributed by atoms with Gasteiger partial charge in [-0.05, 0) is 73.2 Å². The van der Waals surface area contributed by atoms with E-state index in [1.807, 2.05) is 47.3 Å². The van der Waals surface area contributed by atoms with Crippen molar-refractivity contribution < 1.29 is 0 Å². The van der Waals surface area contributed by atoms with Crippen molar-refractivity contribution in [1.82, 2.24) is 34.1 Å². The van der Waals surface area contributed by atoms with Gasteiger partial charge in [0.25, 0.3) is 0 Å². The van der Waals surface area contributed by atoms with Gasteiger partial charge in [0.05, 0.1) is 35.2 Å². The molecule has 5 heterocycles. The lowest BCUT2D eigenvalue weighted by atomic mass is 10.0. The van der Waals surface area contributed by atoms with E-state index in [-0.39, 0.29) is 0 Å². The third-order valence-electron chi connectivity index (χ3n) is 6.14. The summed E-state index contributed by atoms with van der Waals surface area (Å²) >= 11 is 3.52. The lowest BCUT2D eigenvalue weighted by Crippen LogP contribution is -2.41. The zero-order valence-electron chi connectivity index (χ0n) is 18.8. The van der Waals surface area contributed by atoms with Gasteiger partial charge in [0.2, 0.25) is 5.95 Å². The van der Waals surface area contributed by atoms with Gasteiger partial charge in [0.15, 0.2) is 0 Å². The Morgan fingerprint density at radius 2 is 1.88 bits per heavy atom. The van der Waals surface area contributed by atoms with Gasteiger partial charge in [0, 0.05) is 42.5 Å². The Kier molecular flexibility index (Phi) is 6.34. The second-order valence-corrected chi connectivity index (χ2v) is 9.53. The maximum atomic E-state index is 4.69. The van der Waals surface area contributed by atoms with Crippen LogP contribution in [0, 0.1) is 0 Å². The molecule has 0 atom stereocenters. The SMILES string of the molecule is CN(C)C1CCN(Cc2ccc(Nc3nccc(-c4cnc5ccc(Br)cn45)n3)cn2)CC1. The van der Waals surface area contributed by atoms with E-state index < -0.39 is 0 Å². The third kappa shape index (κ3) is 5.05. The second-order valence-electron chi connectivity index (χ2n) is 8.62. The zero-order valence-corrected chi connectivity index (χ0v) is 20.4. The molecule has 1 fully saturated rings. The highest BCUT2D eigenvalue weighted by molar-refractivity contribution is 9.10. The van der Waals surface area contributed by atoms with E-state index in [0.717, 1.165) is 52.5 Å². The number of likely N-dealkylation sites (tertiary alicyclic amines) is 1. The summed E-state index contributed by atoms with van der Waals surface area (Å²) in [6.07, 6.45) is 9.84. The summed E-state index contributed by atoms with van der Waals surface area (Å²) in [7, 11) is 4.34. The van der Waals surface area contributed by atoms with Gasteiger partial charge in [-0.3, -0.25) is 14.3 Å². The van der Waals surface area contributed by atoms with Crippen molar-refractivity contribution in [2.75, 3.05) is 32.5 Å². The molecule has 5 rings (SSSR count). The van der Waals surface area contributed by atoms with Crippen molar-refractivity contribution in [3.63, 3.8) is 0 Å². The van der Waals surface area contributed by atoms with Crippen LogP contribution in [0.4, 0.5) is 11.6 Å². The standard InChI is InChI=1S/C24H27BrN8/c1-31(2)20-8-11-32(12-9-20)16-19-5-4-18(13-27-19)29-24-26-10-7-21(30-24)22-14-28-23-6-3-17(25)15-33(22)23/h3-7,10,13-15,20H,8-9,11-12,16H2,1-2H3,(H,26,29,30). The highest BCUT2D eigenvalue weighted by Crippen LogP contribution is 2.23. The maximum Gasteiger partial charge on any atom is 0.227 e. The van der Waals surface area contributed by atoms with Crippen LogP contribution in [0.3, 0.4) is 0 Å². The van der Waals surface area contributed by atoms with Gasteiger partial charge in [0.1, 0.15) is 5.65 Å². The highest BCUT2D eigenvalue weighted by atomic mass is 79.9. The highest BCUT2D eigenvalue weighted by Gasteiger charge is 2.20. The molecule has 0 aliphatic carbocycles. The Labute approximate surface area is 201 Å². The number of halogens is 1. The van der Waals surface area contributed by atoms with Crippen molar-refractivity contribution in [2.45, 2.75) is 25.4 Å². The fourth-order valence-corrected chi connectivity index (χ4v) is 4.59. The van der Waals surface area contributed by atoms with E-state index in [4.69, 9.17) is 0 Å². The van der Waals surface area contributed by atoms with Crippen molar-refractivity contribution in [1.29, 1.82) is 0 Å².